The summed E-state index contributed by atoms with van der Waals surface area (Å²) in [6.07, 6.45) is 1.62. The van der Waals surface area contributed by atoms with Gasteiger partial charge in [0.2, 0.25) is 5.88 Å². The number of hydrogen-bond acceptors (Lipinski definition) is 6. The molecule has 0 radical (unpaired) electrons. The molecule has 0 atom stereocenters. The van der Waals surface area contributed by atoms with Crippen LogP contribution in [0.1, 0.15) is 27.0 Å². The van der Waals surface area contributed by atoms with Gasteiger partial charge in [-0.05, 0) is 37.1 Å². The standard InChI is InChI=1S/C17H16N2O4/c1-10-9-19-16(15(11(10)2)17(20)22-4)23-13-6-5-12(8-18)7-14(13)21-3/h5-7,9H,1-4H3. The van der Waals surface area contributed by atoms with Crippen molar-refractivity contribution in [1.82, 2.24) is 4.98 Å². The molecule has 0 aliphatic carbocycles. The van der Waals surface area contributed by atoms with Crippen molar-refractivity contribution in [2.45, 2.75) is 13.8 Å². The van der Waals surface area contributed by atoms with E-state index in [9.17, 15) is 4.79 Å². The van der Waals surface area contributed by atoms with Crippen molar-refractivity contribution in [3.63, 3.8) is 0 Å². The van der Waals surface area contributed by atoms with Crippen LogP contribution >= 0.6 is 0 Å². The third-order valence-electron chi connectivity index (χ3n) is 3.44. The Kier molecular flexibility index (Phi) is 4.82. The third kappa shape index (κ3) is 3.24. The van der Waals surface area contributed by atoms with E-state index in [1.165, 1.54) is 14.2 Å². The van der Waals surface area contributed by atoms with Crippen LogP contribution in [0.4, 0.5) is 0 Å². The van der Waals surface area contributed by atoms with E-state index >= 15 is 0 Å². The summed E-state index contributed by atoms with van der Waals surface area (Å²) in [4.78, 5) is 16.2. The van der Waals surface area contributed by atoms with Crippen LogP contribution in [-0.4, -0.2) is 25.2 Å². The number of pyridine rings is 1. The molecule has 1 heterocycles. The second kappa shape index (κ2) is 6.79. The summed E-state index contributed by atoms with van der Waals surface area (Å²) in [6, 6.07) is 6.76. The Hall–Kier alpha value is -3.07. The van der Waals surface area contributed by atoms with Gasteiger partial charge in [0.25, 0.3) is 0 Å². The van der Waals surface area contributed by atoms with E-state index in [-0.39, 0.29) is 11.4 Å². The summed E-state index contributed by atoms with van der Waals surface area (Å²) in [5, 5.41) is 8.93. The van der Waals surface area contributed by atoms with Gasteiger partial charge in [-0.1, -0.05) is 0 Å². The Bertz CT molecular complexity index is 794. The van der Waals surface area contributed by atoms with Crippen molar-refractivity contribution in [2.75, 3.05) is 14.2 Å². The van der Waals surface area contributed by atoms with Gasteiger partial charge in [-0.3, -0.25) is 0 Å². The minimum Gasteiger partial charge on any atom is -0.493 e. The first-order chi connectivity index (χ1) is 11.0. The molecular formula is C17H16N2O4. The van der Waals surface area contributed by atoms with Gasteiger partial charge in [-0.15, -0.1) is 0 Å². The predicted octanol–water partition coefficient (Wildman–Crippen LogP) is 3.16. The van der Waals surface area contributed by atoms with Gasteiger partial charge < -0.3 is 14.2 Å². The number of ether oxygens (including phenoxy) is 3. The van der Waals surface area contributed by atoms with Crippen molar-refractivity contribution in [3.05, 3.63) is 46.6 Å². The Morgan fingerprint density at radius 2 is 1.96 bits per heavy atom. The van der Waals surface area contributed by atoms with E-state index in [2.05, 4.69) is 4.98 Å². The zero-order valence-corrected chi connectivity index (χ0v) is 13.3. The monoisotopic (exact) mass is 312 g/mol. The highest BCUT2D eigenvalue weighted by Crippen LogP contribution is 2.34. The summed E-state index contributed by atoms with van der Waals surface area (Å²) in [6.45, 7) is 3.65. The van der Waals surface area contributed by atoms with Crippen LogP contribution in [0.25, 0.3) is 0 Å². The fourth-order valence-corrected chi connectivity index (χ4v) is 2.02. The number of esters is 1. The predicted molar refractivity (Wildman–Crippen MR) is 82.8 cm³/mol. The van der Waals surface area contributed by atoms with Crippen LogP contribution in [0.5, 0.6) is 17.4 Å². The fraction of sp³-hybridized carbons (Fsp3) is 0.235. The maximum Gasteiger partial charge on any atom is 0.343 e. The summed E-state index contributed by atoms with van der Waals surface area (Å²) in [5.41, 5.74) is 2.29. The van der Waals surface area contributed by atoms with Crippen molar-refractivity contribution >= 4 is 5.97 Å². The molecule has 6 heteroatoms. The highest BCUT2D eigenvalue weighted by Gasteiger charge is 2.21. The third-order valence-corrected chi connectivity index (χ3v) is 3.44. The second-order valence-corrected chi connectivity index (χ2v) is 4.82. The molecule has 0 spiro atoms. The number of methoxy groups -OCH3 is 2. The molecular weight excluding hydrogens is 296 g/mol. The lowest BCUT2D eigenvalue weighted by atomic mass is 10.1. The number of rotatable bonds is 4. The molecule has 0 aliphatic rings. The maximum absolute atomic E-state index is 12.0. The first-order valence-electron chi connectivity index (χ1n) is 6.82. The van der Waals surface area contributed by atoms with Crippen molar-refractivity contribution in [2.24, 2.45) is 0 Å². The molecule has 6 nitrogen and oxygen atoms in total. The fourth-order valence-electron chi connectivity index (χ4n) is 2.02. The smallest absolute Gasteiger partial charge is 0.343 e. The zero-order chi connectivity index (χ0) is 17.0. The minimum atomic E-state index is -0.527. The van der Waals surface area contributed by atoms with Crippen LogP contribution in [0.15, 0.2) is 24.4 Å². The van der Waals surface area contributed by atoms with Crippen LogP contribution in [0, 0.1) is 25.2 Å². The number of carbonyl (C=O) groups excluding carboxylic acids is 1. The van der Waals surface area contributed by atoms with E-state index in [1.54, 1.807) is 31.3 Å². The zero-order valence-electron chi connectivity index (χ0n) is 13.3. The van der Waals surface area contributed by atoms with E-state index in [4.69, 9.17) is 19.5 Å². The molecule has 0 amide bonds. The summed E-state index contributed by atoms with van der Waals surface area (Å²) >= 11 is 0. The number of nitriles is 1. The van der Waals surface area contributed by atoms with Gasteiger partial charge in [0, 0.05) is 12.3 Å². The molecule has 2 rings (SSSR count). The molecule has 118 valence electrons. The van der Waals surface area contributed by atoms with Gasteiger partial charge in [0.15, 0.2) is 11.5 Å². The lowest BCUT2D eigenvalue weighted by Gasteiger charge is -2.14. The quantitative estimate of drug-likeness (QED) is 0.807. The lowest BCUT2D eigenvalue weighted by Crippen LogP contribution is -2.09. The van der Waals surface area contributed by atoms with Crippen LogP contribution in [0.3, 0.4) is 0 Å². The van der Waals surface area contributed by atoms with Crippen LogP contribution in [0.2, 0.25) is 0 Å². The number of hydrogen-bond donors (Lipinski definition) is 0. The largest absolute Gasteiger partial charge is 0.493 e. The summed E-state index contributed by atoms with van der Waals surface area (Å²) < 4.78 is 15.8. The molecule has 0 aliphatic heterocycles. The molecule has 1 aromatic carbocycles. The number of nitrogens with zero attached hydrogens (tertiary/aromatic N) is 2. The second-order valence-electron chi connectivity index (χ2n) is 4.82. The topological polar surface area (TPSA) is 81.4 Å². The molecule has 0 saturated carbocycles. The molecule has 0 fully saturated rings. The Morgan fingerprint density at radius 3 is 2.57 bits per heavy atom. The first kappa shape index (κ1) is 16.3. The molecule has 1 aromatic heterocycles. The average Bonchev–Trinajstić information content (AvgIpc) is 2.58. The van der Waals surface area contributed by atoms with Gasteiger partial charge >= 0.3 is 5.97 Å². The molecule has 23 heavy (non-hydrogen) atoms. The SMILES string of the molecule is COC(=O)c1c(Oc2ccc(C#N)cc2OC)ncc(C)c1C. The molecule has 0 bridgehead atoms. The number of aromatic nitrogens is 1. The first-order valence-corrected chi connectivity index (χ1v) is 6.82. The molecule has 0 N–H and O–H groups in total. The maximum atomic E-state index is 12.0. The minimum absolute atomic E-state index is 0.128. The van der Waals surface area contributed by atoms with Gasteiger partial charge in [-0.2, -0.15) is 5.26 Å². The number of aryl methyl sites for hydroxylation is 1. The Balaban J connectivity index is 2.51. The van der Waals surface area contributed by atoms with Crippen molar-refractivity contribution in [1.29, 1.82) is 5.26 Å². The van der Waals surface area contributed by atoms with E-state index in [0.29, 0.717) is 17.1 Å². The van der Waals surface area contributed by atoms with E-state index in [1.807, 2.05) is 13.0 Å². The van der Waals surface area contributed by atoms with Gasteiger partial charge in [0.05, 0.1) is 25.9 Å². The number of benzene rings is 1. The Labute approximate surface area is 134 Å². The Morgan fingerprint density at radius 1 is 1.22 bits per heavy atom. The molecule has 0 saturated heterocycles. The highest BCUT2D eigenvalue weighted by atomic mass is 16.5. The molecule has 0 unspecified atom stereocenters. The van der Waals surface area contributed by atoms with Crippen LogP contribution < -0.4 is 9.47 Å². The number of carbonyl (C=O) groups is 1. The molecule has 2 aromatic rings. The summed E-state index contributed by atoms with van der Waals surface area (Å²) in [7, 11) is 2.77. The normalized spacial score (nSPS) is 9.87. The highest BCUT2D eigenvalue weighted by molar-refractivity contribution is 5.93. The van der Waals surface area contributed by atoms with Crippen molar-refractivity contribution < 1.29 is 19.0 Å². The van der Waals surface area contributed by atoms with E-state index < -0.39 is 5.97 Å². The van der Waals surface area contributed by atoms with Crippen LogP contribution in [-0.2, 0) is 4.74 Å². The lowest BCUT2D eigenvalue weighted by molar-refractivity contribution is 0.0596. The summed E-state index contributed by atoms with van der Waals surface area (Å²) in [5.74, 6) is 0.330. The van der Waals surface area contributed by atoms with Gasteiger partial charge in [-0.25, -0.2) is 9.78 Å². The van der Waals surface area contributed by atoms with Gasteiger partial charge in [0.1, 0.15) is 5.56 Å². The average molecular weight is 312 g/mol. The van der Waals surface area contributed by atoms with Crippen molar-refractivity contribution in [3.8, 4) is 23.4 Å². The van der Waals surface area contributed by atoms with E-state index in [0.717, 1.165) is 11.1 Å².